The Morgan fingerprint density at radius 1 is 1.50 bits per heavy atom. The van der Waals surface area contributed by atoms with Crippen LogP contribution in [0.4, 0.5) is 0 Å². The van der Waals surface area contributed by atoms with Crippen molar-refractivity contribution in [2.24, 2.45) is 5.73 Å². The molecule has 0 spiro atoms. The largest absolute Gasteiger partial charge is 0.464 e. The van der Waals surface area contributed by atoms with Crippen molar-refractivity contribution >= 4 is 11.9 Å². The summed E-state index contributed by atoms with van der Waals surface area (Å²) in [5.74, 6) is 1.07. The van der Waals surface area contributed by atoms with Crippen molar-refractivity contribution in [1.29, 1.82) is 0 Å². The van der Waals surface area contributed by atoms with Gasteiger partial charge >= 0.3 is 5.97 Å². The van der Waals surface area contributed by atoms with E-state index in [0.29, 0.717) is 6.42 Å². The maximum atomic E-state index is 11.5. The highest BCUT2D eigenvalue weighted by atomic mass is 16.5. The number of nitrogens with one attached hydrogen (secondary N) is 1. The van der Waals surface area contributed by atoms with Crippen LogP contribution in [0.5, 0.6) is 0 Å². The molecule has 0 aromatic rings. The number of ether oxygens (including phenoxy) is 1. The van der Waals surface area contributed by atoms with Gasteiger partial charge < -0.3 is 15.8 Å². The maximum absolute atomic E-state index is 11.5. The lowest BCUT2D eigenvalue weighted by Gasteiger charge is -2.15. The first-order valence-corrected chi connectivity index (χ1v) is 5.25. The molecule has 0 aliphatic carbocycles. The standard InChI is InChI=1S/C11H18N2O3/c1-4-7-8(5-2)13-10(14)9(12)11(15)16-6-3/h2,8-9H,4,6-7,12H2,1,3H3,(H,13,14). The van der Waals surface area contributed by atoms with E-state index in [9.17, 15) is 9.59 Å². The van der Waals surface area contributed by atoms with Crippen molar-refractivity contribution in [2.45, 2.75) is 38.8 Å². The van der Waals surface area contributed by atoms with E-state index in [-0.39, 0.29) is 6.61 Å². The van der Waals surface area contributed by atoms with Crippen LogP contribution in [0.2, 0.25) is 0 Å². The number of hydrogen-bond donors (Lipinski definition) is 2. The third-order valence-electron chi connectivity index (χ3n) is 1.92. The molecule has 2 atom stereocenters. The lowest BCUT2D eigenvalue weighted by Crippen LogP contribution is -2.49. The molecule has 0 saturated carbocycles. The van der Waals surface area contributed by atoms with Gasteiger partial charge in [-0.2, -0.15) is 0 Å². The Balaban J connectivity index is 4.24. The minimum atomic E-state index is -1.31. The Morgan fingerprint density at radius 2 is 2.12 bits per heavy atom. The molecule has 5 heteroatoms. The molecule has 2 unspecified atom stereocenters. The summed E-state index contributed by atoms with van der Waals surface area (Å²) in [7, 11) is 0. The normalized spacial score (nSPS) is 13.4. The molecular weight excluding hydrogens is 208 g/mol. The highest BCUT2D eigenvalue weighted by molar-refractivity contribution is 6.01. The van der Waals surface area contributed by atoms with Gasteiger partial charge in [-0.1, -0.05) is 19.3 Å². The molecule has 0 aliphatic rings. The van der Waals surface area contributed by atoms with E-state index < -0.39 is 24.0 Å². The van der Waals surface area contributed by atoms with Crippen molar-refractivity contribution in [1.82, 2.24) is 5.32 Å². The summed E-state index contributed by atoms with van der Waals surface area (Å²) in [5.41, 5.74) is 5.39. The fourth-order valence-corrected chi connectivity index (χ4v) is 1.09. The van der Waals surface area contributed by atoms with Crippen molar-refractivity contribution < 1.29 is 14.3 Å². The Kier molecular flexibility index (Phi) is 6.97. The second-order valence-electron chi connectivity index (χ2n) is 3.25. The molecule has 16 heavy (non-hydrogen) atoms. The predicted molar refractivity (Wildman–Crippen MR) is 60.3 cm³/mol. The van der Waals surface area contributed by atoms with Crippen LogP contribution in [-0.2, 0) is 14.3 Å². The van der Waals surface area contributed by atoms with Gasteiger partial charge in [0.15, 0.2) is 6.04 Å². The van der Waals surface area contributed by atoms with E-state index in [1.54, 1.807) is 6.92 Å². The first-order chi connectivity index (χ1) is 7.56. The van der Waals surface area contributed by atoms with Gasteiger partial charge in [-0.15, -0.1) is 6.42 Å². The molecule has 90 valence electrons. The Hall–Kier alpha value is -1.54. The van der Waals surface area contributed by atoms with Gasteiger partial charge in [-0.05, 0) is 13.3 Å². The topological polar surface area (TPSA) is 81.4 Å². The minimum Gasteiger partial charge on any atom is -0.464 e. The number of terminal acetylenes is 1. The average Bonchev–Trinajstić information content (AvgIpc) is 2.27. The van der Waals surface area contributed by atoms with Gasteiger partial charge in [0.2, 0.25) is 5.91 Å². The van der Waals surface area contributed by atoms with Crippen LogP contribution in [0.1, 0.15) is 26.7 Å². The van der Waals surface area contributed by atoms with Gasteiger partial charge in [0, 0.05) is 0 Å². The molecule has 0 fully saturated rings. The van der Waals surface area contributed by atoms with Crippen LogP contribution in [-0.4, -0.2) is 30.6 Å². The smallest absolute Gasteiger partial charge is 0.332 e. The van der Waals surface area contributed by atoms with Crippen molar-refractivity contribution in [3.63, 3.8) is 0 Å². The molecule has 5 nitrogen and oxygen atoms in total. The third-order valence-corrected chi connectivity index (χ3v) is 1.92. The number of carbonyl (C=O) groups is 2. The Bertz CT molecular complexity index is 283. The molecule has 0 aromatic carbocycles. The monoisotopic (exact) mass is 226 g/mol. The van der Waals surface area contributed by atoms with Crippen molar-refractivity contribution in [3.05, 3.63) is 0 Å². The fraction of sp³-hybridized carbons (Fsp3) is 0.636. The first kappa shape index (κ1) is 14.5. The predicted octanol–water partition coefficient (Wildman–Crippen LogP) is -0.205. The summed E-state index contributed by atoms with van der Waals surface area (Å²) in [5, 5.41) is 2.51. The van der Waals surface area contributed by atoms with E-state index in [4.69, 9.17) is 12.2 Å². The SMILES string of the molecule is C#CC(CCC)NC(=O)C(N)C(=O)OCC. The highest BCUT2D eigenvalue weighted by Gasteiger charge is 2.24. The number of rotatable bonds is 6. The lowest BCUT2D eigenvalue weighted by molar-refractivity contribution is -0.148. The van der Waals surface area contributed by atoms with Crippen LogP contribution in [0.25, 0.3) is 0 Å². The van der Waals surface area contributed by atoms with E-state index in [2.05, 4.69) is 16.0 Å². The lowest BCUT2D eigenvalue weighted by atomic mass is 10.1. The van der Waals surface area contributed by atoms with Gasteiger partial charge in [0.25, 0.3) is 0 Å². The van der Waals surface area contributed by atoms with Gasteiger partial charge in [0.1, 0.15) is 0 Å². The second kappa shape index (κ2) is 7.71. The number of esters is 1. The van der Waals surface area contributed by atoms with E-state index in [1.165, 1.54) is 0 Å². The van der Waals surface area contributed by atoms with Crippen LogP contribution in [0.15, 0.2) is 0 Å². The van der Waals surface area contributed by atoms with E-state index in [0.717, 1.165) is 6.42 Å². The Morgan fingerprint density at radius 3 is 2.56 bits per heavy atom. The van der Waals surface area contributed by atoms with Crippen molar-refractivity contribution in [2.75, 3.05) is 6.61 Å². The van der Waals surface area contributed by atoms with Gasteiger partial charge in [0.05, 0.1) is 12.6 Å². The molecule has 0 bridgehead atoms. The maximum Gasteiger partial charge on any atom is 0.332 e. The fourth-order valence-electron chi connectivity index (χ4n) is 1.09. The molecule has 0 rings (SSSR count). The molecule has 0 heterocycles. The minimum absolute atomic E-state index is 0.188. The van der Waals surface area contributed by atoms with Crippen LogP contribution >= 0.6 is 0 Å². The molecule has 0 saturated heterocycles. The molecule has 0 radical (unpaired) electrons. The van der Waals surface area contributed by atoms with Crippen LogP contribution in [0, 0.1) is 12.3 Å². The molecule has 0 aliphatic heterocycles. The molecule has 1 amide bonds. The van der Waals surface area contributed by atoms with Crippen LogP contribution < -0.4 is 11.1 Å². The zero-order valence-electron chi connectivity index (χ0n) is 9.66. The Labute approximate surface area is 95.7 Å². The van der Waals surface area contributed by atoms with Gasteiger partial charge in [-0.3, -0.25) is 4.79 Å². The summed E-state index contributed by atoms with van der Waals surface area (Å²) in [4.78, 5) is 22.6. The summed E-state index contributed by atoms with van der Waals surface area (Å²) in [6.07, 6.45) is 6.71. The average molecular weight is 226 g/mol. The zero-order chi connectivity index (χ0) is 12.6. The highest BCUT2D eigenvalue weighted by Crippen LogP contribution is 1.96. The van der Waals surface area contributed by atoms with E-state index in [1.807, 2.05) is 6.92 Å². The second-order valence-corrected chi connectivity index (χ2v) is 3.25. The van der Waals surface area contributed by atoms with Gasteiger partial charge in [-0.25, -0.2) is 4.79 Å². The quantitative estimate of drug-likeness (QED) is 0.373. The summed E-state index contributed by atoms with van der Waals surface area (Å²) >= 11 is 0. The number of carbonyl (C=O) groups excluding carboxylic acids is 2. The molecular formula is C11H18N2O3. The summed E-state index contributed by atoms with van der Waals surface area (Å²) in [6, 6.07) is -1.70. The van der Waals surface area contributed by atoms with Crippen LogP contribution in [0.3, 0.4) is 0 Å². The summed E-state index contributed by atoms with van der Waals surface area (Å²) in [6.45, 7) is 3.78. The molecule has 0 aromatic heterocycles. The zero-order valence-corrected chi connectivity index (χ0v) is 9.66. The third kappa shape index (κ3) is 4.80. The number of amides is 1. The number of hydrogen-bond acceptors (Lipinski definition) is 4. The van der Waals surface area contributed by atoms with E-state index >= 15 is 0 Å². The molecule has 3 N–H and O–H groups in total. The summed E-state index contributed by atoms with van der Waals surface area (Å²) < 4.78 is 4.62. The number of nitrogens with two attached hydrogens (primary N) is 1. The van der Waals surface area contributed by atoms with Crippen molar-refractivity contribution in [3.8, 4) is 12.3 Å². The first-order valence-electron chi connectivity index (χ1n) is 5.25.